The van der Waals surface area contributed by atoms with Crippen LogP contribution in [0, 0.1) is 20.8 Å². The van der Waals surface area contributed by atoms with Gasteiger partial charge in [0.15, 0.2) is 0 Å². The van der Waals surface area contributed by atoms with E-state index in [1.165, 1.54) is 22.4 Å². The molecular weight excluding hydrogens is 258 g/mol. The number of nitrogens with one attached hydrogen (secondary N) is 1. The highest BCUT2D eigenvalue weighted by Crippen LogP contribution is 2.22. The van der Waals surface area contributed by atoms with Gasteiger partial charge in [0.1, 0.15) is 11.9 Å². The molecule has 1 atom stereocenters. The van der Waals surface area contributed by atoms with Gasteiger partial charge < -0.3 is 10.1 Å². The Morgan fingerprint density at radius 1 is 1.00 bits per heavy atom. The number of hydrogen-bond acceptors (Lipinski definition) is 2. The lowest BCUT2D eigenvalue weighted by Crippen LogP contribution is -2.26. The molecule has 112 valence electrons. The largest absolute Gasteiger partial charge is 0.489 e. The normalized spacial score (nSPS) is 12.0. The zero-order valence-corrected chi connectivity index (χ0v) is 13.4. The molecule has 2 nitrogen and oxygen atoms in total. The predicted octanol–water partition coefficient (Wildman–Crippen LogP) is 4.88. The smallest absolute Gasteiger partial charge is 0.119 e. The van der Waals surface area contributed by atoms with Gasteiger partial charge in [-0.1, -0.05) is 42.8 Å². The molecule has 1 N–H and O–H groups in total. The molecule has 0 bridgehead atoms. The molecular formula is C19H25NO. The molecule has 2 aromatic carbocycles. The van der Waals surface area contributed by atoms with E-state index in [2.05, 4.69) is 45.1 Å². The minimum absolute atomic E-state index is 0.174. The summed E-state index contributed by atoms with van der Waals surface area (Å²) in [6.45, 7) is 9.42. The Morgan fingerprint density at radius 2 is 1.62 bits per heavy atom. The van der Waals surface area contributed by atoms with Crippen molar-refractivity contribution >= 4 is 5.69 Å². The Bertz CT molecular complexity index is 554. The molecule has 0 fully saturated rings. The molecule has 0 aliphatic rings. The maximum absolute atomic E-state index is 6.03. The van der Waals surface area contributed by atoms with Crippen LogP contribution in [0.3, 0.4) is 0 Å². The maximum Gasteiger partial charge on any atom is 0.119 e. The quantitative estimate of drug-likeness (QED) is 0.815. The first-order chi connectivity index (χ1) is 10.1. The van der Waals surface area contributed by atoms with Gasteiger partial charge in [-0.05, 0) is 50.5 Å². The summed E-state index contributed by atoms with van der Waals surface area (Å²) in [5.74, 6) is 0.934. The molecule has 21 heavy (non-hydrogen) atoms. The molecule has 2 heteroatoms. The van der Waals surface area contributed by atoms with Gasteiger partial charge in [0.2, 0.25) is 0 Å². The topological polar surface area (TPSA) is 21.3 Å². The Morgan fingerprint density at radius 3 is 2.19 bits per heavy atom. The van der Waals surface area contributed by atoms with Gasteiger partial charge in [0.05, 0.1) is 6.54 Å². The van der Waals surface area contributed by atoms with E-state index >= 15 is 0 Å². The van der Waals surface area contributed by atoms with E-state index in [-0.39, 0.29) is 6.10 Å². The first-order valence-electron chi connectivity index (χ1n) is 7.63. The Labute approximate surface area is 128 Å². The van der Waals surface area contributed by atoms with Gasteiger partial charge in [-0.3, -0.25) is 0 Å². The van der Waals surface area contributed by atoms with Crippen molar-refractivity contribution in [2.45, 2.75) is 40.2 Å². The van der Waals surface area contributed by atoms with E-state index in [1.807, 2.05) is 30.3 Å². The van der Waals surface area contributed by atoms with Crippen molar-refractivity contribution in [1.82, 2.24) is 0 Å². The van der Waals surface area contributed by atoms with Crippen molar-refractivity contribution in [2.75, 3.05) is 11.9 Å². The molecule has 0 aliphatic heterocycles. The number of anilines is 1. The highest BCUT2D eigenvalue weighted by atomic mass is 16.5. The minimum atomic E-state index is 0.174. The summed E-state index contributed by atoms with van der Waals surface area (Å²) in [5, 5.41) is 3.55. The fraction of sp³-hybridized carbons (Fsp3) is 0.368. The fourth-order valence-corrected chi connectivity index (χ4v) is 2.64. The lowest BCUT2D eigenvalue weighted by Gasteiger charge is -2.21. The predicted molar refractivity (Wildman–Crippen MR) is 90.3 cm³/mol. The molecule has 0 unspecified atom stereocenters. The van der Waals surface area contributed by atoms with E-state index < -0.39 is 0 Å². The zero-order chi connectivity index (χ0) is 15.2. The van der Waals surface area contributed by atoms with E-state index in [1.54, 1.807) is 0 Å². The van der Waals surface area contributed by atoms with E-state index in [0.29, 0.717) is 0 Å². The second kappa shape index (κ2) is 7.16. The number of benzene rings is 2. The van der Waals surface area contributed by atoms with Gasteiger partial charge >= 0.3 is 0 Å². The average Bonchev–Trinajstić information content (AvgIpc) is 2.46. The van der Waals surface area contributed by atoms with Crippen molar-refractivity contribution < 1.29 is 4.74 Å². The Kier molecular flexibility index (Phi) is 5.26. The Balaban J connectivity index is 2.00. The number of aryl methyl sites for hydroxylation is 3. The van der Waals surface area contributed by atoms with E-state index in [4.69, 9.17) is 4.74 Å². The third-order valence-corrected chi connectivity index (χ3v) is 3.68. The van der Waals surface area contributed by atoms with Gasteiger partial charge in [-0.25, -0.2) is 0 Å². The van der Waals surface area contributed by atoms with Gasteiger partial charge in [-0.15, -0.1) is 0 Å². The lowest BCUT2D eigenvalue weighted by molar-refractivity contribution is 0.210. The van der Waals surface area contributed by atoms with Crippen molar-refractivity contribution in [3.8, 4) is 5.75 Å². The molecule has 0 saturated carbocycles. The standard InChI is InChI=1S/C19H25NO/c1-5-17(21-18-9-7-6-8-10-18)13-20-19-15(3)11-14(2)12-16(19)4/h6-12,17,20H,5,13H2,1-4H3/t17-/m1/s1. The summed E-state index contributed by atoms with van der Waals surface area (Å²) >= 11 is 0. The van der Waals surface area contributed by atoms with Crippen molar-refractivity contribution in [3.05, 3.63) is 59.2 Å². The van der Waals surface area contributed by atoms with Crippen molar-refractivity contribution in [1.29, 1.82) is 0 Å². The zero-order valence-electron chi connectivity index (χ0n) is 13.4. The second-order valence-electron chi connectivity index (χ2n) is 5.62. The molecule has 0 aliphatic carbocycles. The third kappa shape index (κ3) is 4.25. The highest BCUT2D eigenvalue weighted by Gasteiger charge is 2.10. The summed E-state index contributed by atoms with van der Waals surface area (Å²) in [6.07, 6.45) is 1.15. The SMILES string of the molecule is CC[C@H](CNc1c(C)cc(C)cc1C)Oc1ccccc1. The Hall–Kier alpha value is -1.96. The molecule has 0 aromatic heterocycles. The number of para-hydroxylation sites is 1. The first-order valence-corrected chi connectivity index (χ1v) is 7.63. The molecule has 0 amide bonds. The summed E-state index contributed by atoms with van der Waals surface area (Å²) in [6, 6.07) is 14.5. The minimum Gasteiger partial charge on any atom is -0.489 e. The van der Waals surface area contributed by atoms with Gasteiger partial charge in [-0.2, -0.15) is 0 Å². The van der Waals surface area contributed by atoms with Crippen LogP contribution in [0.5, 0.6) is 5.75 Å². The van der Waals surface area contributed by atoms with Crippen molar-refractivity contribution in [2.24, 2.45) is 0 Å². The van der Waals surface area contributed by atoms with E-state index in [9.17, 15) is 0 Å². The second-order valence-corrected chi connectivity index (χ2v) is 5.62. The van der Waals surface area contributed by atoms with Gasteiger partial charge in [0.25, 0.3) is 0 Å². The van der Waals surface area contributed by atoms with Crippen LogP contribution in [0.25, 0.3) is 0 Å². The number of ether oxygens (including phenoxy) is 1. The first kappa shape index (κ1) is 15.4. The summed E-state index contributed by atoms with van der Waals surface area (Å²) in [5.41, 5.74) is 5.13. The summed E-state index contributed by atoms with van der Waals surface area (Å²) in [7, 11) is 0. The molecule has 0 saturated heterocycles. The van der Waals surface area contributed by atoms with Crippen LogP contribution in [-0.2, 0) is 0 Å². The lowest BCUT2D eigenvalue weighted by atomic mass is 10.0. The maximum atomic E-state index is 6.03. The highest BCUT2D eigenvalue weighted by molar-refractivity contribution is 5.58. The third-order valence-electron chi connectivity index (χ3n) is 3.68. The average molecular weight is 283 g/mol. The van der Waals surface area contributed by atoms with Crippen LogP contribution in [0.1, 0.15) is 30.0 Å². The summed E-state index contributed by atoms with van der Waals surface area (Å²) in [4.78, 5) is 0. The van der Waals surface area contributed by atoms with Crippen LogP contribution in [0.15, 0.2) is 42.5 Å². The molecule has 2 aromatic rings. The molecule has 0 radical (unpaired) electrons. The number of hydrogen-bond donors (Lipinski definition) is 1. The molecule has 0 spiro atoms. The van der Waals surface area contributed by atoms with E-state index in [0.717, 1.165) is 18.7 Å². The van der Waals surface area contributed by atoms with Crippen LogP contribution >= 0.6 is 0 Å². The van der Waals surface area contributed by atoms with Crippen LogP contribution in [0.2, 0.25) is 0 Å². The van der Waals surface area contributed by atoms with Gasteiger partial charge in [0, 0.05) is 5.69 Å². The van der Waals surface area contributed by atoms with Crippen molar-refractivity contribution in [3.63, 3.8) is 0 Å². The number of rotatable bonds is 6. The van der Waals surface area contributed by atoms with Crippen LogP contribution in [0.4, 0.5) is 5.69 Å². The molecule has 2 rings (SSSR count). The van der Waals surface area contributed by atoms with Crippen LogP contribution < -0.4 is 10.1 Å². The molecule has 0 heterocycles. The summed E-state index contributed by atoms with van der Waals surface area (Å²) < 4.78 is 6.03. The van der Waals surface area contributed by atoms with Crippen LogP contribution in [-0.4, -0.2) is 12.6 Å². The monoisotopic (exact) mass is 283 g/mol. The fourth-order valence-electron chi connectivity index (χ4n) is 2.64.